The number of rotatable bonds is 3. The van der Waals surface area contributed by atoms with Crippen molar-refractivity contribution in [2.24, 2.45) is 0 Å². The van der Waals surface area contributed by atoms with Crippen LogP contribution in [0.25, 0.3) is 11.0 Å². The van der Waals surface area contributed by atoms with Crippen molar-refractivity contribution >= 4 is 16.9 Å². The number of benzene rings is 1. The van der Waals surface area contributed by atoms with Crippen molar-refractivity contribution in [1.82, 2.24) is 10.2 Å². The number of amides is 1. The zero-order chi connectivity index (χ0) is 18.4. The van der Waals surface area contributed by atoms with E-state index in [-0.39, 0.29) is 18.1 Å². The molecule has 0 aliphatic carbocycles. The summed E-state index contributed by atoms with van der Waals surface area (Å²) in [4.78, 5) is 15.1. The molecule has 1 aromatic heterocycles. The summed E-state index contributed by atoms with van der Waals surface area (Å²) >= 11 is 0. The lowest BCUT2D eigenvalue weighted by atomic mass is 9.99. The van der Waals surface area contributed by atoms with Gasteiger partial charge in [-0.15, -0.1) is 0 Å². The first-order chi connectivity index (χ1) is 12.4. The van der Waals surface area contributed by atoms with Gasteiger partial charge in [0.1, 0.15) is 5.58 Å². The summed E-state index contributed by atoms with van der Waals surface area (Å²) in [6.45, 7) is 11.0. The lowest BCUT2D eigenvalue weighted by molar-refractivity contribution is -0.121. The van der Waals surface area contributed by atoms with Gasteiger partial charge in [-0.05, 0) is 50.8 Å². The molecule has 2 aliphatic heterocycles. The van der Waals surface area contributed by atoms with E-state index in [1.54, 1.807) is 6.26 Å². The van der Waals surface area contributed by atoms with Crippen molar-refractivity contribution in [3.63, 3.8) is 0 Å². The molecule has 5 nitrogen and oxygen atoms in total. The highest BCUT2D eigenvalue weighted by Crippen LogP contribution is 2.30. The first-order valence-electron chi connectivity index (χ1n) is 9.54. The molecule has 0 bridgehead atoms. The fourth-order valence-corrected chi connectivity index (χ4v) is 4.51. The lowest BCUT2D eigenvalue weighted by Crippen LogP contribution is -2.45. The Morgan fingerprint density at radius 1 is 1.27 bits per heavy atom. The fourth-order valence-electron chi connectivity index (χ4n) is 4.51. The second kappa shape index (κ2) is 6.71. The highest BCUT2D eigenvalue weighted by Gasteiger charge is 2.36. The van der Waals surface area contributed by atoms with Gasteiger partial charge in [-0.1, -0.05) is 6.07 Å². The second-order valence-electron chi connectivity index (χ2n) is 8.03. The van der Waals surface area contributed by atoms with Gasteiger partial charge in [0.25, 0.3) is 0 Å². The number of furan rings is 1. The molecular weight excluding hydrogens is 328 g/mol. The molecule has 1 aromatic carbocycles. The van der Waals surface area contributed by atoms with Gasteiger partial charge in [-0.2, -0.15) is 0 Å². The number of aryl methyl sites for hydroxylation is 3. The molecule has 0 spiro atoms. The third kappa shape index (κ3) is 3.14. The monoisotopic (exact) mass is 356 g/mol. The molecule has 2 aromatic rings. The normalized spacial score (nSPS) is 26.2. The zero-order valence-electron chi connectivity index (χ0n) is 16.1. The Morgan fingerprint density at radius 2 is 2.08 bits per heavy atom. The number of morpholine rings is 1. The minimum atomic E-state index is 0.0733. The first-order valence-corrected chi connectivity index (χ1v) is 9.54. The average Bonchev–Trinajstić information content (AvgIpc) is 3.16. The number of hydrogen-bond acceptors (Lipinski definition) is 4. The highest BCUT2D eigenvalue weighted by molar-refractivity contribution is 5.92. The molecule has 0 saturated carbocycles. The van der Waals surface area contributed by atoms with Gasteiger partial charge in [0.15, 0.2) is 0 Å². The number of hydrogen-bond donors (Lipinski definition) is 1. The molecule has 3 heterocycles. The first kappa shape index (κ1) is 17.6. The lowest BCUT2D eigenvalue weighted by Gasteiger charge is -2.33. The summed E-state index contributed by atoms with van der Waals surface area (Å²) in [5, 5.41) is 4.31. The van der Waals surface area contributed by atoms with Crippen molar-refractivity contribution in [2.45, 2.75) is 58.7 Å². The van der Waals surface area contributed by atoms with E-state index >= 15 is 0 Å². The standard InChI is InChI=1S/C21H28N2O3/c1-12-5-13(2)20-16(10-26-21(20)15(12)4)6-19(24)22-17-7-18-11-25-14(3)8-23(18)9-17/h5,10,14,17-18H,6-9,11H2,1-4H3,(H,22,24)/t14-,17+,18-/m0/s1. The number of nitrogens with zero attached hydrogens (tertiary/aromatic N) is 1. The van der Waals surface area contributed by atoms with Crippen molar-refractivity contribution in [1.29, 1.82) is 0 Å². The van der Waals surface area contributed by atoms with Gasteiger partial charge in [0, 0.05) is 36.1 Å². The zero-order valence-corrected chi connectivity index (χ0v) is 16.1. The molecule has 140 valence electrons. The molecular formula is C21H28N2O3. The summed E-state index contributed by atoms with van der Waals surface area (Å²) in [6, 6.07) is 2.83. The summed E-state index contributed by atoms with van der Waals surface area (Å²) in [5.41, 5.74) is 5.43. The molecule has 2 aliphatic rings. The van der Waals surface area contributed by atoms with Crippen molar-refractivity contribution in [2.75, 3.05) is 19.7 Å². The molecule has 4 rings (SSSR count). The van der Waals surface area contributed by atoms with Crippen LogP contribution >= 0.6 is 0 Å². The third-order valence-electron chi connectivity index (χ3n) is 5.94. The van der Waals surface area contributed by atoms with Crippen LogP contribution in [-0.4, -0.2) is 48.7 Å². The summed E-state index contributed by atoms with van der Waals surface area (Å²) in [6.07, 6.45) is 3.37. The van der Waals surface area contributed by atoms with E-state index in [2.05, 4.69) is 44.0 Å². The smallest absolute Gasteiger partial charge is 0.224 e. The Kier molecular flexibility index (Phi) is 4.53. The molecule has 2 fully saturated rings. The van der Waals surface area contributed by atoms with Gasteiger partial charge in [0.2, 0.25) is 5.91 Å². The maximum absolute atomic E-state index is 12.6. The van der Waals surface area contributed by atoms with Gasteiger partial charge < -0.3 is 14.5 Å². The minimum Gasteiger partial charge on any atom is -0.464 e. The van der Waals surface area contributed by atoms with E-state index in [1.807, 2.05) is 0 Å². The van der Waals surface area contributed by atoms with Gasteiger partial charge in [0.05, 0.1) is 25.4 Å². The van der Waals surface area contributed by atoms with Gasteiger partial charge >= 0.3 is 0 Å². The van der Waals surface area contributed by atoms with Crippen LogP contribution < -0.4 is 5.32 Å². The Hall–Kier alpha value is -1.85. The van der Waals surface area contributed by atoms with E-state index in [9.17, 15) is 4.79 Å². The van der Waals surface area contributed by atoms with Crippen LogP contribution in [-0.2, 0) is 16.0 Å². The Bertz CT molecular complexity index is 841. The number of carbonyl (C=O) groups excluding carboxylic acids is 1. The topological polar surface area (TPSA) is 54.7 Å². The van der Waals surface area contributed by atoms with Crippen LogP contribution in [0.2, 0.25) is 0 Å². The van der Waals surface area contributed by atoms with Crippen LogP contribution in [0.15, 0.2) is 16.7 Å². The molecule has 5 heteroatoms. The third-order valence-corrected chi connectivity index (χ3v) is 5.94. The predicted molar refractivity (Wildman–Crippen MR) is 101 cm³/mol. The van der Waals surface area contributed by atoms with E-state index < -0.39 is 0 Å². The van der Waals surface area contributed by atoms with E-state index in [0.717, 1.165) is 48.2 Å². The van der Waals surface area contributed by atoms with Crippen LogP contribution in [0.5, 0.6) is 0 Å². The SMILES string of the molecule is Cc1cc(C)c2c(CC(=O)N[C@@H]3C[C@H]4CO[C@@H](C)CN4C3)coc2c1C. The molecule has 3 atom stereocenters. The Morgan fingerprint density at radius 3 is 2.88 bits per heavy atom. The maximum atomic E-state index is 12.6. The molecule has 1 amide bonds. The molecule has 26 heavy (non-hydrogen) atoms. The average molecular weight is 356 g/mol. The van der Waals surface area contributed by atoms with Crippen molar-refractivity contribution < 1.29 is 13.9 Å². The maximum Gasteiger partial charge on any atom is 0.224 e. The number of fused-ring (bicyclic) bond motifs is 2. The number of nitrogens with one attached hydrogen (secondary N) is 1. The quantitative estimate of drug-likeness (QED) is 0.919. The molecule has 0 unspecified atom stereocenters. The van der Waals surface area contributed by atoms with Gasteiger partial charge in [-0.25, -0.2) is 0 Å². The highest BCUT2D eigenvalue weighted by atomic mass is 16.5. The van der Waals surface area contributed by atoms with Crippen LogP contribution in [0, 0.1) is 20.8 Å². The van der Waals surface area contributed by atoms with Crippen molar-refractivity contribution in [3.05, 3.63) is 34.6 Å². The van der Waals surface area contributed by atoms with Crippen LogP contribution in [0.1, 0.15) is 35.6 Å². The number of ether oxygens (including phenoxy) is 1. The van der Waals surface area contributed by atoms with Crippen molar-refractivity contribution in [3.8, 4) is 0 Å². The van der Waals surface area contributed by atoms with E-state index in [1.165, 1.54) is 11.1 Å². The summed E-state index contributed by atoms with van der Waals surface area (Å²) in [5.74, 6) is 0.0733. The molecule has 0 radical (unpaired) electrons. The van der Waals surface area contributed by atoms with Crippen LogP contribution in [0.4, 0.5) is 0 Å². The molecule has 2 saturated heterocycles. The second-order valence-corrected chi connectivity index (χ2v) is 8.03. The van der Waals surface area contributed by atoms with Gasteiger partial charge in [-0.3, -0.25) is 9.69 Å². The summed E-state index contributed by atoms with van der Waals surface area (Å²) in [7, 11) is 0. The molecule has 1 N–H and O–H groups in total. The Labute approximate surface area is 154 Å². The minimum absolute atomic E-state index is 0.0733. The summed E-state index contributed by atoms with van der Waals surface area (Å²) < 4.78 is 11.5. The Balaban J connectivity index is 1.45. The fraction of sp³-hybridized carbons (Fsp3) is 0.571. The predicted octanol–water partition coefficient (Wildman–Crippen LogP) is 2.88. The van der Waals surface area contributed by atoms with E-state index in [4.69, 9.17) is 9.15 Å². The largest absolute Gasteiger partial charge is 0.464 e. The van der Waals surface area contributed by atoms with E-state index in [0.29, 0.717) is 12.5 Å². The number of carbonyl (C=O) groups is 1. The van der Waals surface area contributed by atoms with Crippen LogP contribution in [0.3, 0.4) is 0 Å².